The van der Waals surface area contributed by atoms with Crippen LogP contribution in [-0.4, -0.2) is 23.6 Å². The van der Waals surface area contributed by atoms with E-state index in [-0.39, 0.29) is 12.3 Å². The van der Waals surface area contributed by atoms with Crippen molar-refractivity contribution in [3.63, 3.8) is 0 Å². The molecule has 0 aliphatic carbocycles. The number of rotatable bonds is 6. The third-order valence-electron chi connectivity index (χ3n) is 4.94. The van der Waals surface area contributed by atoms with Crippen LogP contribution < -0.4 is 5.32 Å². The molecule has 0 unspecified atom stereocenters. The summed E-state index contributed by atoms with van der Waals surface area (Å²) < 4.78 is 10.6. The summed E-state index contributed by atoms with van der Waals surface area (Å²) in [6.45, 7) is 5.98. The monoisotopic (exact) mass is 446 g/mol. The van der Waals surface area contributed by atoms with Crippen molar-refractivity contribution in [1.29, 1.82) is 0 Å². The highest BCUT2D eigenvalue weighted by Gasteiger charge is 2.24. The minimum absolute atomic E-state index is 0.126. The van der Waals surface area contributed by atoms with Gasteiger partial charge in [-0.3, -0.25) is 4.79 Å². The maximum Gasteiger partial charge on any atom is 0.341 e. The van der Waals surface area contributed by atoms with Crippen molar-refractivity contribution < 1.29 is 18.8 Å². The fraction of sp³-hybridized carbons (Fsp3) is 0.160. The summed E-state index contributed by atoms with van der Waals surface area (Å²) in [6, 6.07) is 17.1. The topological polar surface area (TPSA) is 81.4 Å². The van der Waals surface area contributed by atoms with Gasteiger partial charge in [0.2, 0.25) is 0 Å². The van der Waals surface area contributed by atoms with Crippen LogP contribution in [0.2, 0.25) is 0 Å². The second-order valence-corrected chi connectivity index (χ2v) is 8.22. The molecule has 1 N–H and O–H groups in total. The first-order chi connectivity index (χ1) is 15.5. The molecule has 2 aromatic carbocycles. The Bertz CT molecular complexity index is 1250. The van der Waals surface area contributed by atoms with Gasteiger partial charge in [-0.2, -0.15) is 0 Å². The highest BCUT2D eigenvalue weighted by molar-refractivity contribution is 7.15. The number of aryl methyl sites for hydroxylation is 2. The van der Waals surface area contributed by atoms with Gasteiger partial charge in [0.25, 0.3) is 5.91 Å². The van der Waals surface area contributed by atoms with Gasteiger partial charge in [0, 0.05) is 22.6 Å². The molecule has 0 saturated heterocycles. The molecule has 0 bridgehead atoms. The molecule has 0 fully saturated rings. The van der Waals surface area contributed by atoms with Crippen molar-refractivity contribution >= 4 is 28.2 Å². The van der Waals surface area contributed by atoms with Crippen LogP contribution >= 0.6 is 11.3 Å². The molecule has 1 amide bonds. The zero-order chi connectivity index (χ0) is 22.7. The normalized spacial score (nSPS) is 10.7. The van der Waals surface area contributed by atoms with Crippen molar-refractivity contribution in [3.05, 3.63) is 82.4 Å². The first-order valence-electron chi connectivity index (χ1n) is 10.2. The van der Waals surface area contributed by atoms with Gasteiger partial charge in [0.05, 0.1) is 6.61 Å². The van der Waals surface area contributed by atoms with Crippen LogP contribution in [0.1, 0.15) is 38.9 Å². The lowest BCUT2D eigenvalue weighted by Crippen LogP contribution is -2.15. The molecule has 32 heavy (non-hydrogen) atoms. The number of hydrogen-bond donors (Lipinski definition) is 1. The van der Waals surface area contributed by atoms with E-state index in [9.17, 15) is 9.59 Å². The minimum atomic E-state index is -0.486. The Morgan fingerprint density at radius 3 is 2.25 bits per heavy atom. The maximum absolute atomic E-state index is 12.9. The number of nitrogens with one attached hydrogen (secondary N) is 1. The molecule has 4 rings (SSSR count). The molecule has 4 aromatic rings. The standard InChI is InChI=1S/C25H22N2O4S/c1-4-30-25(29)22-19(17-9-5-15(2)6-10-17)14-32-24(22)26-23(28)20-13-21(31-27-20)18-11-7-16(3)8-12-18/h5-14H,4H2,1-3H3,(H,26,28). The van der Waals surface area contributed by atoms with Crippen LogP contribution in [0.3, 0.4) is 0 Å². The zero-order valence-electron chi connectivity index (χ0n) is 18.0. The van der Waals surface area contributed by atoms with Crippen LogP contribution in [-0.2, 0) is 4.74 Å². The van der Waals surface area contributed by atoms with Crippen LogP contribution in [0.25, 0.3) is 22.5 Å². The van der Waals surface area contributed by atoms with Gasteiger partial charge in [-0.15, -0.1) is 11.3 Å². The molecule has 0 aliphatic rings. The van der Waals surface area contributed by atoms with E-state index < -0.39 is 11.9 Å². The molecule has 162 valence electrons. The Labute approximate surface area is 189 Å². The summed E-state index contributed by atoms with van der Waals surface area (Å²) in [6.07, 6.45) is 0. The van der Waals surface area contributed by atoms with Crippen molar-refractivity contribution in [2.75, 3.05) is 11.9 Å². The Balaban J connectivity index is 1.62. The summed E-state index contributed by atoms with van der Waals surface area (Å²) in [5.74, 6) is -0.456. The molecular formula is C25H22N2O4S. The summed E-state index contributed by atoms with van der Waals surface area (Å²) in [7, 11) is 0. The van der Waals surface area contributed by atoms with Gasteiger partial charge in [0.15, 0.2) is 11.5 Å². The summed E-state index contributed by atoms with van der Waals surface area (Å²) in [4.78, 5) is 25.6. The Morgan fingerprint density at radius 1 is 1.00 bits per heavy atom. The smallest absolute Gasteiger partial charge is 0.341 e. The molecule has 0 radical (unpaired) electrons. The number of esters is 1. The zero-order valence-corrected chi connectivity index (χ0v) is 18.8. The highest BCUT2D eigenvalue weighted by atomic mass is 32.1. The molecular weight excluding hydrogens is 424 g/mol. The van der Waals surface area contributed by atoms with E-state index in [2.05, 4.69) is 10.5 Å². The largest absolute Gasteiger partial charge is 0.462 e. The van der Waals surface area contributed by atoms with Gasteiger partial charge in [-0.25, -0.2) is 4.79 Å². The van der Waals surface area contributed by atoms with E-state index in [4.69, 9.17) is 9.26 Å². The summed E-state index contributed by atoms with van der Waals surface area (Å²) >= 11 is 1.27. The molecule has 0 spiro atoms. The van der Waals surface area contributed by atoms with Crippen LogP contribution in [0.4, 0.5) is 5.00 Å². The average molecular weight is 447 g/mol. The van der Waals surface area contributed by atoms with Gasteiger partial charge >= 0.3 is 5.97 Å². The Hall–Kier alpha value is -3.71. The van der Waals surface area contributed by atoms with Crippen LogP contribution in [0.5, 0.6) is 0 Å². The molecule has 0 saturated carbocycles. The molecule has 2 aromatic heterocycles. The third-order valence-corrected chi connectivity index (χ3v) is 5.83. The predicted octanol–water partition coefficient (Wildman–Crippen LogP) is 6.12. The van der Waals surface area contributed by atoms with Gasteiger partial charge in [0.1, 0.15) is 10.6 Å². The van der Waals surface area contributed by atoms with Crippen molar-refractivity contribution in [1.82, 2.24) is 5.16 Å². The fourth-order valence-electron chi connectivity index (χ4n) is 3.20. The molecule has 6 nitrogen and oxygen atoms in total. The van der Waals surface area contributed by atoms with Gasteiger partial charge < -0.3 is 14.6 Å². The number of ether oxygens (including phenoxy) is 1. The maximum atomic E-state index is 12.9. The van der Waals surface area contributed by atoms with Crippen LogP contribution in [0, 0.1) is 13.8 Å². The fourth-order valence-corrected chi connectivity index (χ4v) is 4.16. The summed E-state index contributed by atoms with van der Waals surface area (Å²) in [5, 5.41) is 8.94. The Morgan fingerprint density at radius 2 is 1.62 bits per heavy atom. The SMILES string of the molecule is CCOC(=O)c1c(-c2ccc(C)cc2)csc1NC(=O)c1cc(-c2ccc(C)cc2)on1. The lowest BCUT2D eigenvalue weighted by Gasteiger charge is -2.08. The lowest BCUT2D eigenvalue weighted by atomic mass is 10.0. The molecule has 0 atom stereocenters. The second kappa shape index (κ2) is 9.20. The van der Waals surface area contributed by atoms with Gasteiger partial charge in [-0.05, 0) is 26.3 Å². The number of aromatic nitrogens is 1. The van der Waals surface area contributed by atoms with Crippen LogP contribution in [0.15, 0.2) is 64.5 Å². The van der Waals surface area contributed by atoms with E-state index >= 15 is 0 Å². The number of hydrogen-bond acceptors (Lipinski definition) is 6. The molecule has 7 heteroatoms. The lowest BCUT2D eigenvalue weighted by molar-refractivity contribution is 0.0529. The van der Waals surface area contributed by atoms with Crippen molar-refractivity contribution in [2.45, 2.75) is 20.8 Å². The first kappa shape index (κ1) is 21.5. The highest BCUT2D eigenvalue weighted by Crippen LogP contribution is 2.36. The summed E-state index contributed by atoms with van der Waals surface area (Å²) in [5.41, 5.74) is 5.11. The number of carbonyl (C=O) groups is 2. The van der Waals surface area contributed by atoms with Gasteiger partial charge in [-0.1, -0.05) is 64.8 Å². The molecule has 2 heterocycles. The third kappa shape index (κ3) is 4.48. The first-order valence-corrected chi connectivity index (χ1v) is 11.0. The number of carbonyl (C=O) groups excluding carboxylic acids is 2. The van der Waals surface area contributed by atoms with E-state index in [1.54, 1.807) is 13.0 Å². The van der Waals surface area contributed by atoms with Crippen molar-refractivity contribution in [2.24, 2.45) is 0 Å². The van der Waals surface area contributed by atoms with E-state index in [0.29, 0.717) is 21.9 Å². The number of benzene rings is 2. The molecule has 0 aliphatic heterocycles. The van der Waals surface area contributed by atoms with E-state index in [1.807, 2.05) is 67.8 Å². The number of anilines is 1. The Kier molecular flexibility index (Phi) is 6.18. The number of amides is 1. The second-order valence-electron chi connectivity index (χ2n) is 7.34. The van der Waals surface area contributed by atoms with Crippen molar-refractivity contribution in [3.8, 4) is 22.5 Å². The van der Waals surface area contributed by atoms with E-state index in [1.165, 1.54) is 11.3 Å². The number of thiophene rings is 1. The predicted molar refractivity (Wildman–Crippen MR) is 125 cm³/mol. The number of nitrogens with zero attached hydrogens (tertiary/aromatic N) is 1. The average Bonchev–Trinajstić information content (AvgIpc) is 3.43. The quantitative estimate of drug-likeness (QED) is 0.361. The van der Waals surface area contributed by atoms with E-state index in [0.717, 1.165) is 22.3 Å². The minimum Gasteiger partial charge on any atom is -0.462 e.